The lowest BCUT2D eigenvalue weighted by molar-refractivity contribution is -0.128. The number of nitrogens with zero attached hydrogens (tertiary/aromatic N) is 1. The molecule has 1 aliphatic heterocycles. The smallest absolute Gasteiger partial charge is 0.226 e. The summed E-state index contributed by atoms with van der Waals surface area (Å²) in [4.78, 5) is 36.8. The number of ether oxygens (including phenoxy) is 1. The molecule has 3 amide bonds. The van der Waals surface area contributed by atoms with Crippen LogP contribution >= 0.6 is 0 Å². The van der Waals surface area contributed by atoms with Gasteiger partial charge in [-0.1, -0.05) is 12.1 Å². The van der Waals surface area contributed by atoms with Gasteiger partial charge < -0.3 is 20.3 Å². The van der Waals surface area contributed by atoms with Crippen LogP contribution in [0.5, 0.6) is 5.75 Å². The van der Waals surface area contributed by atoms with E-state index in [2.05, 4.69) is 10.6 Å². The van der Waals surface area contributed by atoms with Crippen molar-refractivity contribution < 1.29 is 19.1 Å². The van der Waals surface area contributed by atoms with Crippen molar-refractivity contribution in [2.24, 2.45) is 0 Å². The van der Waals surface area contributed by atoms with Gasteiger partial charge in [0.2, 0.25) is 17.7 Å². The first kappa shape index (κ1) is 21.4. The van der Waals surface area contributed by atoms with E-state index in [0.29, 0.717) is 44.4 Å². The minimum atomic E-state index is -0.0797. The van der Waals surface area contributed by atoms with Crippen molar-refractivity contribution in [1.82, 2.24) is 4.90 Å². The molecule has 0 spiro atoms. The molecule has 0 saturated carbocycles. The molecule has 7 nitrogen and oxygen atoms in total. The summed E-state index contributed by atoms with van der Waals surface area (Å²) >= 11 is 0. The van der Waals surface area contributed by atoms with Gasteiger partial charge in [0, 0.05) is 38.3 Å². The molecule has 0 radical (unpaired) electrons. The third-order valence-electron chi connectivity index (χ3n) is 4.88. The molecule has 1 heterocycles. The lowest BCUT2D eigenvalue weighted by Crippen LogP contribution is -2.23. The third kappa shape index (κ3) is 6.07. The molecule has 0 fully saturated rings. The summed E-state index contributed by atoms with van der Waals surface area (Å²) in [7, 11) is 3.46. The Labute approximate surface area is 176 Å². The summed E-state index contributed by atoms with van der Waals surface area (Å²) in [6.07, 6.45) is 2.48. The molecule has 7 heteroatoms. The van der Waals surface area contributed by atoms with Crippen LogP contribution in [0.25, 0.3) is 0 Å². The van der Waals surface area contributed by atoms with Crippen LogP contribution in [0.2, 0.25) is 0 Å². The monoisotopic (exact) mass is 409 g/mol. The van der Waals surface area contributed by atoms with Crippen molar-refractivity contribution in [3.8, 4) is 5.75 Å². The van der Waals surface area contributed by atoms with E-state index < -0.39 is 0 Å². The summed E-state index contributed by atoms with van der Waals surface area (Å²) < 4.78 is 5.74. The zero-order chi connectivity index (χ0) is 21.5. The number of anilines is 2. The normalized spacial score (nSPS) is 12.5. The first-order chi connectivity index (χ1) is 14.4. The van der Waals surface area contributed by atoms with E-state index in [9.17, 15) is 14.4 Å². The first-order valence-electron chi connectivity index (χ1n) is 10.1. The maximum Gasteiger partial charge on any atom is 0.226 e. The van der Waals surface area contributed by atoms with Crippen molar-refractivity contribution >= 4 is 29.1 Å². The van der Waals surface area contributed by atoms with Gasteiger partial charge in [-0.3, -0.25) is 14.4 Å². The Morgan fingerprint density at radius 2 is 1.87 bits per heavy atom. The molecule has 0 aromatic heterocycles. The van der Waals surface area contributed by atoms with Gasteiger partial charge in [0.1, 0.15) is 5.75 Å². The second-order valence-corrected chi connectivity index (χ2v) is 7.53. The third-order valence-corrected chi connectivity index (χ3v) is 4.88. The van der Waals surface area contributed by atoms with E-state index in [1.807, 2.05) is 30.3 Å². The number of rotatable bonds is 8. The summed E-state index contributed by atoms with van der Waals surface area (Å²) in [6, 6.07) is 12.9. The summed E-state index contributed by atoms with van der Waals surface area (Å²) in [5.41, 5.74) is 3.53. The molecular formula is C23H27N3O4. The highest BCUT2D eigenvalue weighted by molar-refractivity contribution is 5.94. The van der Waals surface area contributed by atoms with Crippen LogP contribution < -0.4 is 15.4 Å². The summed E-state index contributed by atoms with van der Waals surface area (Å²) in [5.74, 6) is 0.742. The second-order valence-electron chi connectivity index (χ2n) is 7.53. The number of hydrogen-bond acceptors (Lipinski definition) is 4. The number of carbonyl (C=O) groups is 3. The van der Waals surface area contributed by atoms with Crippen molar-refractivity contribution in [2.45, 2.75) is 32.1 Å². The van der Waals surface area contributed by atoms with E-state index >= 15 is 0 Å². The molecule has 2 aromatic carbocycles. The number of fused-ring (bicyclic) bond motifs is 1. The Bertz CT molecular complexity index is 923. The fourth-order valence-corrected chi connectivity index (χ4v) is 3.13. The molecule has 158 valence electrons. The topological polar surface area (TPSA) is 87.7 Å². The van der Waals surface area contributed by atoms with Crippen LogP contribution in [-0.4, -0.2) is 43.3 Å². The fourth-order valence-electron chi connectivity index (χ4n) is 3.13. The SMILES string of the molecule is CN(C)C(=O)Cc1ccc(NC(=O)CCCOc2ccc3c(c2)CCC(=O)N3)cc1. The zero-order valence-electron chi connectivity index (χ0n) is 17.4. The highest BCUT2D eigenvalue weighted by Gasteiger charge is 2.15. The maximum absolute atomic E-state index is 12.1. The number of aryl methyl sites for hydroxylation is 1. The fraction of sp³-hybridized carbons (Fsp3) is 0.348. The van der Waals surface area contributed by atoms with Crippen LogP contribution in [0.1, 0.15) is 30.4 Å². The van der Waals surface area contributed by atoms with Gasteiger partial charge in [0.25, 0.3) is 0 Å². The Morgan fingerprint density at radius 3 is 2.60 bits per heavy atom. The molecule has 0 aliphatic carbocycles. The lowest BCUT2D eigenvalue weighted by Gasteiger charge is -2.17. The molecular weight excluding hydrogens is 382 g/mol. The molecule has 30 heavy (non-hydrogen) atoms. The largest absolute Gasteiger partial charge is 0.494 e. The molecule has 0 unspecified atom stereocenters. The van der Waals surface area contributed by atoms with Crippen LogP contribution in [0.4, 0.5) is 11.4 Å². The number of carbonyl (C=O) groups excluding carboxylic acids is 3. The number of hydrogen-bond donors (Lipinski definition) is 2. The number of likely N-dealkylation sites (N-methyl/N-ethyl adjacent to an activating group) is 1. The van der Waals surface area contributed by atoms with Gasteiger partial charge in [-0.15, -0.1) is 0 Å². The van der Waals surface area contributed by atoms with E-state index in [1.54, 1.807) is 31.1 Å². The van der Waals surface area contributed by atoms with Gasteiger partial charge in [0.15, 0.2) is 0 Å². The Hall–Kier alpha value is -3.35. The maximum atomic E-state index is 12.1. The molecule has 0 saturated heterocycles. The van der Waals surface area contributed by atoms with E-state index in [1.165, 1.54) is 0 Å². The van der Waals surface area contributed by atoms with Crippen molar-refractivity contribution in [1.29, 1.82) is 0 Å². The van der Waals surface area contributed by atoms with Crippen LogP contribution in [0.3, 0.4) is 0 Å². The number of nitrogens with one attached hydrogen (secondary N) is 2. The van der Waals surface area contributed by atoms with E-state index in [-0.39, 0.29) is 17.7 Å². The quantitative estimate of drug-likeness (QED) is 0.656. The highest BCUT2D eigenvalue weighted by Crippen LogP contribution is 2.26. The minimum Gasteiger partial charge on any atom is -0.494 e. The Morgan fingerprint density at radius 1 is 1.10 bits per heavy atom. The predicted octanol–water partition coefficient (Wildman–Crippen LogP) is 3.00. The molecule has 1 aliphatic rings. The lowest BCUT2D eigenvalue weighted by atomic mass is 10.0. The first-order valence-corrected chi connectivity index (χ1v) is 10.1. The standard InChI is InChI=1S/C23H27N3O4/c1-26(2)23(29)14-16-5-8-18(9-6-16)24-21(27)4-3-13-30-19-10-11-20-17(15-19)7-12-22(28)25-20/h5-6,8-11,15H,3-4,7,12-14H2,1-2H3,(H,24,27)(H,25,28). The average Bonchev–Trinajstić information content (AvgIpc) is 2.72. The Kier molecular flexibility index (Phi) is 7.06. The summed E-state index contributed by atoms with van der Waals surface area (Å²) in [6.45, 7) is 0.435. The van der Waals surface area contributed by atoms with Crippen molar-refractivity contribution in [3.63, 3.8) is 0 Å². The van der Waals surface area contributed by atoms with Gasteiger partial charge in [-0.25, -0.2) is 0 Å². The molecule has 2 N–H and O–H groups in total. The van der Waals surface area contributed by atoms with Crippen molar-refractivity contribution in [2.75, 3.05) is 31.3 Å². The minimum absolute atomic E-state index is 0.0375. The van der Waals surface area contributed by atoms with E-state index in [4.69, 9.17) is 4.74 Å². The molecule has 3 rings (SSSR count). The second kappa shape index (κ2) is 9.91. The number of amides is 3. The highest BCUT2D eigenvalue weighted by atomic mass is 16.5. The van der Waals surface area contributed by atoms with Crippen LogP contribution in [-0.2, 0) is 27.2 Å². The molecule has 0 atom stereocenters. The van der Waals surface area contributed by atoms with Gasteiger partial charge in [0.05, 0.1) is 13.0 Å². The Balaban J connectivity index is 1.39. The summed E-state index contributed by atoms with van der Waals surface area (Å²) in [5, 5.41) is 5.70. The average molecular weight is 409 g/mol. The van der Waals surface area contributed by atoms with Crippen molar-refractivity contribution in [3.05, 3.63) is 53.6 Å². The predicted molar refractivity (Wildman–Crippen MR) is 116 cm³/mol. The number of benzene rings is 2. The molecule has 2 aromatic rings. The zero-order valence-corrected chi connectivity index (χ0v) is 17.4. The van der Waals surface area contributed by atoms with Crippen LogP contribution in [0.15, 0.2) is 42.5 Å². The van der Waals surface area contributed by atoms with Gasteiger partial charge in [-0.05, 0) is 54.3 Å². The van der Waals surface area contributed by atoms with Crippen LogP contribution in [0, 0.1) is 0 Å². The van der Waals surface area contributed by atoms with Gasteiger partial charge >= 0.3 is 0 Å². The molecule has 0 bridgehead atoms. The van der Waals surface area contributed by atoms with Gasteiger partial charge in [-0.2, -0.15) is 0 Å². The van der Waals surface area contributed by atoms with E-state index in [0.717, 1.165) is 22.6 Å².